The van der Waals surface area contributed by atoms with Gasteiger partial charge in [0.2, 0.25) is 5.89 Å². The van der Waals surface area contributed by atoms with Crippen molar-refractivity contribution in [3.8, 4) is 0 Å². The number of rotatable bonds is 7. The molecular weight excluding hydrogens is 194 g/mol. The first-order valence-electron chi connectivity index (χ1n) is 5.48. The molecule has 2 rings (SSSR count). The zero-order valence-electron chi connectivity index (χ0n) is 9.03. The second-order valence-corrected chi connectivity index (χ2v) is 3.82. The Hall–Kier alpha value is -0.940. The zero-order valence-corrected chi connectivity index (χ0v) is 9.03. The van der Waals surface area contributed by atoms with E-state index in [0.717, 1.165) is 12.5 Å². The molecule has 0 aliphatic heterocycles. The summed E-state index contributed by atoms with van der Waals surface area (Å²) in [7, 11) is 0. The molecule has 1 aliphatic carbocycles. The molecule has 0 unspecified atom stereocenters. The van der Waals surface area contributed by atoms with E-state index < -0.39 is 0 Å². The average Bonchev–Trinajstić information content (AvgIpc) is 2.95. The van der Waals surface area contributed by atoms with Gasteiger partial charge in [0.1, 0.15) is 6.61 Å². The lowest BCUT2D eigenvalue weighted by atomic mass is 10.4. The molecule has 84 valence electrons. The van der Waals surface area contributed by atoms with Gasteiger partial charge in [-0.1, -0.05) is 5.16 Å². The molecule has 5 nitrogen and oxygen atoms in total. The molecule has 5 heteroatoms. The Morgan fingerprint density at radius 2 is 2.40 bits per heavy atom. The molecule has 1 fully saturated rings. The van der Waals surface area contributed by atoms with Crippen LogP contribution >= 0.6 is 0 Å². The summed E-state index contributed by atoms with van der Waals surface area (Å²) in [6.07, 6.45) is 2.71. The van der Waals surface area contributed by atoms with Crippen molar-refractivity contribution in [3.05, 3.63) is 11.7 Å². The molecular formula is C10H17N3O2. The molecule has 0 aromatic carbocycles. The summed E-state index contributed by atoms with van der Waals surface area (Å²) in [5, 5.41) is 7.11. The van der Waals surface area contributed by atoms with Crippen molar-refractivity contribution in [3.63, 3.8) is 0 Å². The Morgan fingerprint density at radius 1 is 1.53 bits per heavy atom. The van der Waals surface area contributed by atoms with Crippen LogP contribution in [0, 0.1) is 5.92 Å². The fraction of sp³-hybridized carbons (Fsp3) is 0.800. The first kappa shape index (κ1) is 10.6. The van der Waals surface area contributed by atoms with Crippen LogP contribution in [0.1, 0.15) is 31.5 Å². The van der Waals surface area contributed by atoms with Gasteiger partial charge in [-0.2, -0.15) is 4.98 Å². The minimum Gasteiger partial charge on any atom is -0.374 e. The number of nitrogens with one attached hydrogen (secondary N) is 1. The highest BCUT2D eigenvalue weighted by molar-refractivity contribution is 4.85. The number of nitrogens with zero attached hydrogens (tertiary/aromatic N) is 2. The molecule has 1 heterocycles. The third-order valence-electron chi connectivity index (χ3n) is 2.35. The third-order valence-corrected chi connectivity index (χ3v) is 2.35. The fourth-order valence-corrected chi connectivity index (χ4v) is 1.32. The lowest BCUT2D eigenvalue weighted by Crippen LogP contribution is -2.16. The van der Waals surface area contributed by atoms with E-state index >= 15 is 0 Å². The molecule has 15 heavy (non-hydrogen) atoms. The van der Waals surface area contributed by atoms with Gasteiger partial charge in [0, 0.05) is 6.61 Å². The first-order chi connectivity index (χ1) is 7.38. The highest BCUT2D eigenvalue weighted by Crippen LogP contribution is 2.27. The molecule has 1 saturated carbocycles. The molecule has 0 radical (unpaired) electrons. The maximum atomic E-state index is 5.18. The molecule has 0 amide bonds. The Balaban J connectivity index is 1.68. The standard InChI is InChI=1S/C10H17N3O2/c1-2-14-7-9-12-10(15-13-9)6-11-5-8-3-4-8/h8,11H,2-7H2,1H3. The quantitative estimate of drug-likeness (QED) is 0.732. The lowest BCUT2D eigenvalue weighted by Gasteiger charge is -1.97. The van der Waals surface area contributed by atoms with Gasteiger partial charge < -0.3 is 14.6 Å². The van der Waals surface area contributed by atoms with Gasteiger partial charge in [-0.3, -0.25) is 0 Å². The average molecular weight is 211 g/mol. The molecule has 0 spiro atoms. The van der Waals surface area contributed by atoms with Crippen molar-refractivity contribution < 1.29 is 9.26 Å². The van der Waals surface area contributed by atoms with Gasteiger partial charge in [0.15, 0.2) is 5.82 Å². The molecule has 1 aromatic heterocycles. The van der Waals surface area contributed by atoms with Crippen molar-refractivity contribution in [2.24, 2.45) is 5.92 Å². The van der Waals surface area contributed by atoms with E-state index in [2.05, 4.69) is 15.5 Å². The summed E-state index contributed by atoms with van der Waals surface area (Å²) < 4.78 is 10.2. The van der Waals surface area contributed by atoms with Gasteiger partial charge in [0.25, 0.3) is 0 Å². The van der Waals surface area contributed by atoms with Gasteiger partial charge in [-0.05, 0) is 32.2 Å². The van der Waals surface area contributed by atoms with Crippen LogP contribution in [0.5, 0.6) is 0 Å². The number of ether oxygens (including phenoxy) is 1. The Labute approximate surface area is 89.2 Å². The first-order valence-corrected chi connectivity index (χ1v) is 5.48. The largest absolute Gasteiger partial charge is 0.374 e. The summed E-state index contributed by atoms with van der Waals surface area (Å²) in [4.78, 5) is 4.20. The van der Waals surface area contributed by atoms with Crippen molar-refractivity contribution in [1.82, 2.24) is 15.5 Å². The molecule has 1 aliphatic rings. The van der Waals surface area contributed by atoms with Crippen LogP contribution < -0.4 is 5.32 Å². The van der Waals surface area contributed by atoms with Crippen LogP contribution in [0.2, 0.25) is 0 Å². The van der Waals surface area contributed by atoms with Crippen molar-refractivity contribution in [1.29, 1.82) is 0 Å². The molecule has 0 atom stereocenters. The van der Waals surface area contributed by atoms with E-state index in [4.69, 9.17) is 9.26 Å². The monoisotopic (exact) mass is 211 g/mol. The van der Waals surface area contributed by atoms with Crippen LogP contribution in [0.15, 0.2) is 4.52 Å². The predicted molar refractivity (Wildman–Crippen MR) is 54.1 cm³/mol. The van der Waals surface area contributed by atoms with Crippen LogP contribution in [0.25, 0.3) is 0 Å². The fourth-order valence-electron chi connectivity index (χ4n) is 1.32. The normalized spacial score (nSPS) is 15.8. The Morgan fingerprint density at radius 3 is 3.13 bits per heavy atom. The van der Waals surface area contributed by atoms with Crippen molar-refractivity contribution in [2.75, 3.05) is 13.2 Å². The second-order valence-electron chi connectivity index (χ2n) is 3.82. The summed E-state index contributed by atoms with van der Waals surface area (Å²) >= 11 is 0. The topological polar surface area (TPSA) is 60.2 Å². The van der Waals surface area contributed by atoms with Crippen LogP contribution in [-0.4, -0.2) is 23.3 Å². The highest BCUT2D eigenvalue weighted by Gasteiger charge is 2.20. The van der Waals surface area contributed by atoms with E-state index in [1.54, 1.807) is 0 Å². The van der Waals surface area contributed by atoms with Gasteiger partial charge in [-0.15, -0.1) is 0 Å². The predicted octanol–water partition coefficient (Wildman–Crippen LogP) is 1.11. The van der Waals surface area contributed by atoms with Crippen LogP contribution in [0.3, 0.4) is 0 Å². The minimum atomic E-state index is 0.433. The third kappa shape index (κ3) is 3.60. The zero-order chi connectivity index (χ0) is 10.5. The minimum absolute atomic E-state index is 0.433. The highest BCUT2D eigenvalue weighted by atomic mass is 16.5. The summed E-state index contributed by atoms with van der Waals surface area (Å²) in [6.45, 7) is 4.77. The van der Waals surface area contributed by atoms with E-state index in [0.29, 0.717) is 31.5 Å². The Kier molecular flexibility index (Phi) is 3.69. The summed E-state index contributed by atoms with van der Waals surface area (Å²) in [6, 6.07) is 0. The van der Waals surface area contributed by atoms with Crippen molar-refractivity contribution in [2.45, 2.75) is 32.9 Å². The van der Waals surface area contributed by atoms with E-state index in [1.807, 2.05) is 6.92 Å². The molecule has 1 N–H and O–H groups in total. The second kappa shape index (κ2) is 5.23. The van der Waals surface area contributed by atoms with E-state index in [9.17, 15) is 0 Å². The van der Waals surface area contributed by atoms with Gasteiger partial charge in [-0.25, -0.2) is 0 Å². The molecule has 0 bridgehead atoms. The maximum absolute atomic E-state index is 5.18. The summed E-state index contributed by atoms with van der Waals surface area (Å²) in [5.74, 6) is 2.14. The van der Waals surface area contributed by atoms with Crippen LogP contribution in [-0.2, 0) is 17.9 Å². The van der Waals surface area contributed by atoms with Crippen LogP contribution in [0.4, 0.5) is 0 Å². The number of aromatic nitrogens is 2. The Bertz CT molecular complexity index is 297. The van der Waals surface area contributed by atoms with E-state index in [1.165, 1.54) is 12.8 Å². The van der Waals surface area contributed by atoms with Crippen molar-refractivity contribution >= 4 is 0 Å². The number of hydrogen-bond acceptors (Lipinski definition) is 5. The SMILES string of the molecule is CCOCc1noc(CNCC2CC2)n1. The summed E-state index contributed by atoms with van der Waals surface area (Å²) in [5.41, 5.74) is 0. The van der Waals surface area contributed by atoms with Gasteiger partial charge in [0.05, 0.1) is 6.54 Å². The number of hydrogen-bond donors (Lipinski definition) is 1. The smallest absolute Gasteiger partial charge is 0.240 e. The van der Waals surface area contributed by atoms with Gasteiger partial charge >= 0.3 is 0 Å². The maximum Gasteiger partial charge on any atom is 0.240 e. The lowest BCUT2D eigenvalue weighted by molar-refractivity contribution is 0.126. The molecule has 0 saturated heterocycles. The van der Waals surface area contributed by atoms with E-state index in [-0.39, 0.29) is 0 Å². The molecule has 1 aromatic rings.